The lowest BCUT2D eigenvalue weighted by atomic mass is 10.1. The van der Waals surface area contributed by atoms with E-state index >= 15 is 0 Å². The highest BCUT2D eigenvalue weighted by Gasteiger charge is 2.13. The molecule has 3 aromatic heterocycles. The highest BCUT2D eigenvalue weighted by molar-refractivity contribution is 7.13. The number of amides is 1. The molecule has 1 amide bonds. The first kappa shape index (κ1) is 15.6. The largest absolute Gasteiger partial charge is 0.469 e. The predicted octanol–water partition coefficient (Wildman–Crippen LogP) is 3.68. The third kappa shape index (κ3) is 4.32. The molecule has 0 spiro atoms. The molecule has 0 aliphatic rings. The van der Waals surface area contributed by atoms with Gasteiger partial charge in [-0.3, -0.25) is 4.79 Å². The van der Waals surface area contributed by atoms with Gasteiger partial charge in [-0.2, -0.15) is 0 Å². The fourth-order valence-corrected chi connectivity index (χ4v) is 2.93. The number of nitrogens with one attached hydrogen (secondary N) is 1. The highest BCUT2D eigenvalue weighted by atomic mass is 32.1. The number of nitrogens with zero attached hydrogens (tertiary/aromatic N) is 1. The van der Waals surface area contributed by atoms with Crippen molar-refractivity contribution in [3.63, 3.8) is 0 Å². The standard InChI is InChI=1S/C17H18N2O3S/c1-12(6-7-14-4-2-8-21-14)18-16(20)10-13-11-22-17(19-13)15-5-3-9-23-15/h2-5,8-9,11-12H,6-7,10H2,1H3,(H,18,20). The number of furan rings is 1. The topological polar surface area (TPSA) is 68.3 Å². The van der Waals surface area contributed by atoms with Crippen molar-refractivity contribution in [1.82, 2.24) is 10.3 Å². The Balaban J connectivity index is 1.47. The number of carbonyl (C=O) groups excluding carboxylic acids is 1. The highest BCUT2D eigenvalue weighted by Crippen LogP contribution is 2.23. The summed E-state index contributed by atoms with van der Waals surface area (Å²) < 4.78 is 10.7. The van der Waals surface area contributed by atoms with Crippen LogP contribution in [0.15, 0.2) is 51.0 Å². The van der Waals surface area contributed by atoms with Gasteiger partial charge in [0.25, 0.3) is 0 Å². The zero-order valence-corrected chi connectivity index (χ0v) is 13.6. The fourth-order valence-electron chi connectivity index (χ4n) is 2.28. The first-order chi connectivity index (χ1) is 11.2. The molecular weight excluding hydrogens is 312 g/mol. The van der Waals surface area contributed by atoms with Gasteiger partial charge in [0.05, 0.1) is 23.3 Å². The lowest BCUT2D eigenvalue weighted by Crippen LogP contribution is -2.34. The molecule has 6 heteroatoms. The molecule has 0 radical (unpaired) electrons. The van der Waals surface area contributed by atoms with E-state index < -0.39 is 0 Å². The van der Waals surface area contributed by atoms with Gasteiger partial charge < -0.3 is 14.2 Å². The van der Waals surface area contributed by atoms with E-state index in [-0.39, 0.29) is 18.4 Å². The Morgan fingerprint density at radius 2 is 2.26 bits per heavy atom. The molecule has 5 nitrogen and oxygen atoms in total. The van der Waals surface area contributed by atoms with E-state index in [1.807, 2.05) is 36.6 Å². The molecule has 0 aromatic carbocycles. The second-order valence-corrected chi connectivity index (χ2v) is 6.33. The van der Waals surface area contributed by atoms with Gasteiger partial charge >= 0.3 is 0 Å². The second-order valence-electron chi connectivity index (χ2n) is 5.38. The van der Waals surface area contributed by atoms with Gasteiger partial charge in [-0.05, 0) is 36.9 Å². The summed E-state index contributed by atoms with van der Waals surface area (Å²) in [5.41, 5.74) is 0.643. The Labute approximate surface area is 138 Å². The molecule has 3 heterocycles. The fraction of sp³-hybridized carbons (Fsp3) is 0.294. The van der Waals surface area contributed by atoms with E-state index in [0.717, 1.165) is 23.5 Å². The smallest absolute Gasteiger partial charge is 0.236 e. The number of carbonyl (C=O) groups is 1. The molecule has 0 fully saturated rings. The number of hydrogen-bond acceptors (Lipinski definition) is 5. The van der Waals surface area contributed by atoms with Crippen molar-refractivity contribution in [1.29, 1.82) is 0 Å². The Morgan fingerprint density at radius 1 is 1.35 bits per heavy atom. The molecule has 1 unspecified atom stereocenters. The van der Waals surface area contributed by atoms with Gasteiger partial charge in [-0.1, -0.05) is 6.07 Å². The summed E-state index contributed by atoms with van der Waals surface area (Å²) in [7, 11) is 0. The van der Waals surface area contributed by atoms with Gasteiger partial charge in [-0.15, -0.1) is 11.3 Å². The third-order valence-corrected chi connectivity index (χ3v) is 4.29. The van der Waals surface area contributed by atoms with Gasteiger partial charge in [0, 0.05) is 12.5 Å². The number of rotatable bonds is 7. The molecule has 0 bridgehead atoms. The van der Waals surface area contributed by atoms with Crippen LogP contribution in [0.4, 0.5) is 0 Å². The Hall–Kier alpha value is -2.34. The number of thiophene rings is 1. The van der Waals surface area contributed by atoms with Crippen LogP contribution < -0.4 is 5.32 Å². The lowest BCUT2D eigenvalue weighted by Gasteiger charge is -2.12. The molecule has 23 heavy (non-hydrogen) atoms. The van der Waals surface area contributed by atoms with E-state index in [0.29, 0.717) is 11.6 Å². The first-order valence-corrected chi connectivity index (χ1v) is 8.38. The first-order valence-electron chi connectivity index (χ1n) is 7.51. The maximum atomic E-state index is 12.1. The van der Waals surface area contributed by atoms with E-state index in [1.165, 1.54) is 0 Å². The Kier molecular flexibility index (Phi) is 4.92. The predicted molar refractivity (Wildman–Crippen MR) is 88.2 cm³/mol. The van der Waals surface area contributed by atoms with Crippen molar-refractivity contribution >= 4 is 17.2 Å². The zero-order valence-electron chi connectivity index (χ0n) is 12.8. The van der Waals surface area contributed by atoms with Crippen LogP contribution in [-0.4, -0.2) is 16.9 Å². The molecule has 0 saturated carbocycles. The van der Waals surface area contributed by atoms with Gasteiger partial charge in [0.1, 0.15) is 12.0 Å². The molecule has 3 aromatic rings. The van der Waals surface area contributed by atoms with Crippen LogP contribution in [0, 0.1) is 0 Å². The Bertz CT molecular complexity index is 732. The van der Waals surface area contributed by atoms with Crippen molar-refractivity contribution < 1.29 is 13.6 Å². The number of oxazole rings is 1. The summed E-state index contributed by atoms with van der Waals surface area (Å²) in [6.07, 6.45) is 5.07. The molecule has 0 saturated heterocycles. The van der Waals surface area contributed by atoms with Crippen LogP contribution in [0.5, 0.6) is 0 Å². The minimum absolute atomic E-state index is 0.0528. The van der Waals surface area contributed by atoms with E-state index in [9.17, 15) is 4.79 Å². The molecular formula is C17H18N2O3S. The summed E-state index contributed by atoms with van der Waals surface area (Å²) in [5.74, 6) is 1.44. The zero-order chi connectivity index (χ0) is 16.1. The van der Waals surface area contributed by atoms with Gasteiger partial charge in [0.15, 0.2) is 0 Å². The molecule has 120 valence electrons. The maximum absolute atomic E-state index is 12.1. The quantitative estimate of drug-likeness (QED) is 0.717. The second kappa shape index (κ2) is 7.28. The van der Waals surface area contributed by atoms with E-state index in [2.05, 4.69) is 10.3 Å². The van der Waals surface area contributed by atoms with E-state index in [4.69, 9.17) is 8.83 Å². The van der Waals surface area contributed by atoms with Crippen LogP contribution in [0.1, 0.15) is 24.8 Å². The van der Waals surface area contributed by atoms with Crippen LogP contribution in [-0.2, 0) is 17.6 Å². The molecule has 1 atom stereocenters. The summed E-state index contributed by atoms with van der Waals surface area (Å²) >= 11 is 1.56. The molecule has 3 rings (SSSR count). The van der Waals surface area contributed by atoms with Crippen molar-refractivity contribution in [3.8, 4) is 10.8 Å². The van der Waals surface area contributed by atoms with Crippen molar-refractivity contribution in [2.24, 2.45) is 0 Å². The average Bonchev–Trinajstić information content (AvgIpc) is 3.26. The lowest BCUT2D eigenvalue weighted by molar-refractivity contribution is -0.121. The van der Waals surface area contributed by atoms with Crippen molar-refractivity contribution in [2.45, 2.75) is 32.2 Å². The molecule has 1 N–H and O–H groups in total. The maximum Gasteiger partial charge on any atom is 0.236 e. The SMILES string of the molecule is CC(CCc1ccco1)NC(=O)Cc1coc(-c2cccs2)n1. The van der Waals surface area contributed by atoms with Gasteiger partial charge in [0.2, 0.25) is 11.8 Å². The summed E-state index contributed by atoms with van der Waals surface area (Å²) in [6, 6.07) is 7.77. The van der Waals surface area contributed by atoms with Crippen LogP contribution >= 0.6 is 11.3 Å². The number of aromatic nitrogens is 1. The monoisotopic (exact) mass is 330 g/mol. The normalized spacial score (nSPS) is 12.2. The number of hydrogen-bond donors (Lipinski definition) is 1. The summed E-state index contributed by atoms with van der Waals surface area (Å²) in [4.78, 5) is 17.4. The Morgan fingerprint density at radius 3 is 3.00 bits per heavy atom. The molecule has 0 aliphatic heterocycles. The third-order valence-electron chi connectivity index (χ3n) is 3.44. The van der Waals surface area contributed by atoms with Crippen LogP contribution in [0.2, 0.25) is 0 Å². The van der Waals surface area contributed by atoms with Gasteiger partial charge in [-0.25, -0.2) is 4.98 Å². The summed E-state index contributed by atoms with van der Waals surface area (Å²) in [5, 5.41) is 4.94. The minimum atomic E-state index is -0.0528. The average molecular weight is 330 g/mol. The van der Waals surface area contributed by atoms with E-state index in [1.54, 1.807) is 23.9 Å². The van der Waals surface area contributed by atoms with Crippen molar-refractivity contribution in [3.05, 3.63) is 53.6 Å². The van der Waals surface area contributed by atoms with Crippen LogP contribution in [0.3, 0.4) is 0 Å². The minimum Gasteiger partial charge on any atom is -0.469 e. The number of aryl methyl sites for hydroxylation is 1. The molecule has 0 aliphatic carbocycles. The summed E-state index contributed by atoms with van der Waals surface area (Å²) in [6.45, 7) is 1.99. The van der Waals surface area contributed by atoms with Crippen molar-refractivity contribution in [2.75, 3.05) is 0 Å². The van der Waals surface area contributed by atoms with Crippen LogP contribution in [0.25, 0.3) is 10.8 Å².